The van der Waals surface area contributed by atoms with Gasteiger partial charge in [-0.1, -0.05) is 30.3 Å². The van der Waals surface area contributed by atoms with E-state index in [-0.39, 0.29) is 30.4 Å². The second-order valence-corrected chi connectivity index (χ2v) is 5.92. The summed E-state index contributed by atoms with van der Waals surface area (Å²) >= 11 is 0. The number of carbonyl (C=O) groups excluding carboxylic acids is 1. The molecule has 0 aliphatic carbocycles. The highest BCUT2D eigenvalue weighted by atomic mass is 35.5. The second kappa shape index (κ2) is 9.20. The largest absolute Gasteiger partial charge is 0.353 e. The minimum absolute atomic E-state index is 0. The molecule has 1 amide bonds. The van der Waals surface area contributed by atoms with Gasteiger partial charge in [0.25, 0.3) is 0 Å². The summed E-state index contributed by atoms with van der Waals surface area (Å²) in [6.07, 6.45) is 0.781. The highest BCUT2D eigenvalue weighted by Gasteiger charge is 2.29. The van der Waals surface area contributed by atoms with Gasteiger partial charge >= 0.3 is 0 Å². The number of halogens is 1. The first-order chi connectivity index (χ1) is 10.8. The van der Waals surface area contributed by atoms with Crippen LogP contribution in [-0.2, 0) is 4.79 Å². The first-order valence-electron chi connectivity index (χ1n) is 8.10. The third-order valence-corrected chi connectivity index (χ3v) is 4.36. The number of benzene rings is 1. The van der Waals surface area contributed by atoms with Gasteiger partial charge in [-0.3, -0.25) is 9.69 Å². The van der Waals surface area contributed by atoms with Crippen LogP contribution >= 0.6 is 12.4 Å². The van der Waals surface area contributed by atoms with Crippen molar-refractivity contribution in [3.8, 4) is 0 Å². The minimum atomic E-state index is -0.159. The maximum Gasteiger partial charge on any atom is 0.238 e. The van der Waals surface area contributed by atoms with Crippen molar-refractivity contribution in [1.29, 1.82) is 0 Å². The Balaban J connectivity index is 0.00000192. The van der Waals surface area contributed by atoms with E-state index in [0.717, 1.165) is 39.1 Å². The van der Waals surface area contributed by atoms with Crippen LogP contribution in [0.15, 0.2) is 30.3 Å². The van der Waals surface area contributed by atoms with Gasteiger partial charge < -0.3 is 10.6 Å². The fourth-order valence-electron chi connectivity index (χ4n) is 3.03. The summed E-state index contributed by atoms with van der Waals surface area (Å²) in [5.41, 5.74) is 7.54. The summed E-state index contributed by atoms with van der Waals surface area (Å²) in [5, 5.41) is 6.37. The molecular formula is C16H26ClN5O. The molecular weight excluding hydrogens is 314 g/mol. The number of hydrogen-bond donors (Lipinski definition) is 4. The van der Waals surface area contributed by atoms with Gasteiger partial charge in [-0.15, -0.1) is 12.4 Å². The van der Waals surface area contributed by atoms with E-state index in [1.165, 1.54) is 5.56 Å². The van der Waals surface area contributed by atoms with Crippen LogP contribution in [0.3, 0.4) is 0 Å². The van der Waals surface area contributed by atoms with Crippen LogP contribution < -0.4 is 21.5 Å². The molecule has 128 valence electrons. The summed E-state index contributed by atoms with van der Waals surface area (Å²) in [6.45, 7) is 5.86. The predicted molar refractivity (Wildman–Crippen MR) is 93.4 cm³/mol. The van der Waals surface area contributed by atoms with Gasteiger partial charge in [0.15, 0.2) is 0 Å². The van der Waals surface area contributed by atoms with Crippen molar-refractivity contribution in [1.82, 2.24) is 26.4 Å². The van der Waals surface area contributed by atoms with Crippen molar-refractivity contribution >= 4 is 18.3 Å². The number of hydrogen-bond acceptors (Lipinski definition) is 5. The maximum atomic E-state index is 12.2. The third-order valence-electron chi connectivity index (χ3n) is 4.36. The Labute approximate surface area is 143 Å². The molecule has 0 aromatic heterocycles. The quantitative estimate of drug-likeness (QED) is 0.610. The summed E-state index contributed by atoms with van der Waals surface area (Å²) in [7, 11) is 0. The molecule has 0 saturated carbocycles. The number of amides is 1. The fraction of sp³-hybridized carbons (Fsp3) is 0.562. The molecule has 0 bridgehead atoms. The average Bonchev–Trinajstić information content (AvgIpc) is 3.07. The standard InChI is InChI=1S/C16H25N5O.ClH/c22-16(18-8-11-21-9-6-17-7-10-21)15-12-14(19-20-15)13-4-2-1-3-5-13;/h1-5,14-15,17,19-20H,6-12H2,(H,18,22);1H. The minimum Gasteiger partial charge on any atom is -0.353 e. The Bertz CT molecular complexity index is 481. The Hall–Kier alpha value is -1.18. The Kier molecular flexibility index (Phi) is 7.26. The van der Waals surface area contributed by atoms with Gasteiger partial charge in [-0.2, -0.15) is 0 Å². The number of piperazine rings is 1. The first-order valence-corrected chi connectivity index (χ1v) is 8.10. The van der Waals surface area contributed by atoms with Gasteiger partial charge in [0, 0.05) is 45.3 Å². The lowest BCUT2D eigenvalue weighted by molar-refractivity contribution is -0.122. The van der Waals surface area contributed by atoms with E-state index < -0.39 is 0 Å². The molecule has 2 fully saturated rings. The predicted octanol–water partition coefficient (Wildman–Crippen LogP) is 0.0374. The van der Waals surface area contributed by atoms with Crippen molar-refractivity contribution in [2.24, 2.45) is 0 Å². The normalized spacial score (nSPS) is 24.9. The van der Waals surface area contributed by atoms with Crippen LogP contribution in [0.25, 0.3) is 0 Å². The van der Waals surface area contributed by atoms with E-state index in [9.17, 15) is 4.79 Å². The van der Waals surface area contributed by atoms with Crippen molar-refractivity contribution < 1.29 is 4.79 Å². The molecule has 1 aromatic rings. The fourth-order valence-corrected chi connectivity index (χ4v) is 3.03. The maximum absolute atomic E-state index is 12.2. The van der Waals surface area contributed by atoms with E-state index in [2.05, 4.69) is 38.5 Å². The van der Waals surface area contributed by atoms with Crippen LogP contribution in [-0.4, -0.2) is 56.1 Å². The molecule has 2 heterocycles. The van der Waals surface area contributed by atoms with Crippen molar-refractivity contribution in [2.75, 3.05) is 39.3 Å². The number of rotatable bonds is 5. The SMILES string of the molecule is Cl.O=C(NCCN1CCNCC1)C1CC(c2ccccc2)NN1. The van der Waals surface area contributed by atoms with Crippen molar-refractivity contribution in [2.45, 2.75) is 18.5 Å². The zero-order valence-electron chi connectivity index (χ0n) is 13.3. The molecule has 2 saturated heterocycles. The lowest BCUT2D eigenvalue weighted by Gasteiger charge is -2.27. The number of carbonyl (C=O) groups is 1. The number of nitrogens with one attached hydrogen (secondary N) is 4. The van der Waals surface area contributed by atoms with Crippen LogP contribution in [0.5, 0.6) is 0 Å². The molecule has 2 unspecified atom stereocenters. The molecule has 6 nitrogen and oxygen atoms in total. The zero-order valence-corrected chi connectivity index (χ0v) is 14.1. The lowest BCUT2D eigenvalue weighted by atomic mass is 10.0. The summed E-state index contributed by atoms with van der Waals surface area (Å²) < 4.78 is 0. The molecule has 1 aromatic carbocycles. The van der Waals surface area contributed by atoms with Crippen molar-refractivity contribution in [3.63, 3.8) is 0 Å². The summed E-state index contributed by atoms with van der Waals surface area (Å²) in [6, 6.07) is 10.3. The zero-order chi connectivity index (χ0) is 15.2. The summed E-state index contributed by atoms with van der Waals surface area (Å²) in [4.78, 5) is 14.6. The Morgan fingerprint density at radius 1 is 1.17 bits per heavy atom. The highest BCUT2D eigenvalue weighted by molar-refractivity contribution is 5.85. The Morgan fingerprint density at radius 3 is 2.65 bits per heavy atom. The summed E-state index contributed by atoms with van der Waals surface area (Å²) in [5.74, 6) is 0.0843. The molecule has 0 radical (unpaired) electrons. The lowest BCUT2D eigenvalue weighted by Crippen LogP contribution is -2.48. The monoisotopic (exact) mass is 339 g/mol. The molecule has 3 rings (SSSR count). The van der Waals surface area contributed by atoms with Crippen LogP contribution in [0.1, 0.15) is 18.0 Å². The van der Waals surface area contributed by atoms with E-state index in [1.807, 2.05) is 18.2 Å². The van der Waals surface area contributed by atoms with E-state index >= 15 is 0 Å². The first kappa shape index (κ1) is 18.2. The van der Waals surface area contributed by atoms with Crippen LogP contribution in [0.2, 0.25) is 0 Å². The van der Waals surface area contributed by atoms with E-state index in [1.54, 1.807) is 0 Å². The smallest absolute Gasteiger partial charge is 0.238 e. The van der Waals surface area contributed by atoms with Gasteiger partial charge in [0.2, 0.25) is 5.91 Å². The van der Waals surface area contributed by atoms with Crippen LogP contribution in [0.4, 0.5) is 0 Å². The average molecular weight is 340 g/mol. The molecule has 0 spiro atoms. The van der Waals surface area contributed by atoms with Crippen LogP contribution in [0, 0.1) is 0 Å². The van der Waals surface area contributed by atoms with Gasteiger partial charge in [0.05, 0.1) is 0 Å². The second-order valence-electron chi connectivity index (χ2n) is 5.92. The van der Waals surface area contributed by atoms with Gasteiger partial charge in [-0.05, 0) is 12.0 Å². The number of hydrazine groups is 1. The van der Waals surface area contributed by atoms with Gasteiger partial charge in [0.1, 0.15) is 6.04 Å². The molecule has 23 heavy (non-hydrogen) atoms. The van der Waals surface area contributed by atoms with Crippen molar-refractivity contribution in [3.05, 3.63) is 35.9 Å². The molecule has 2 aliphatic heterocycles. The molecule has 7 heteroatoms. The molecule has 2 atom stereocenters. The highest BCUT2D eigenvalue weighted by Crippen LogP contribution is 2.21. The Morgan fingerprint density at radius 2 is 1.91 bits per heavy atom. The topological polar surface area (TPSA) is 68.4 Å². The third kappa shape index (κ3) is 5.16. The number of nitrogens with zero attached hydrogens (tertiary/aromatic N) is 1. The van der Waals surface area contributed by atoms with E-state index in [4.69, 9.17) is 0 Å². The molecule has 4 N–H and O–H groups in total. The van der Waals surface area contributed by atoms with Gasteiger partial charge in [-0.25, -0.2) is 10.9 Å². The van der Waals surface area contributed by atoms with E-state index in [0.29, 0.717) is 6.54 Å². The molecule has 2 aliphatic rings.